The monoisotopic (exact) mass is 365 g/mol. The van der Waals surface area contributed by atoms with E-state index in [0.717, 1.165) is 17.5 Å². The van der Waals surface area contributed by atoms with Crippen molar-refractivity contribution in [3.05, 3.63) is 65.2 Å². The molecular weight excluding hydrogens is 338 g/mol. The average Bonchev–Trinajstić information content (AvgIpc) is 2.95. The maximum atomic E-state index is 12.9. The standard InChI is InChI=1S/C22H27N3O2/c1-16-15-19(9-10-20(16)23)22(27)25-12-6-11-24(13-14-25)21(26)17(2)18-7-4-3-5-8-18/h3-5,7-10,15,17H,6,11-14,23H2,1-2H3. The summed E-state index contributed by atoms with van der Waals surface area (Å²) in [7, 11) is 0. The van der Waals surface area contributed by atoms with Gasteiger partial charge in [0.05, 0.1) is 5.92 Å². The lowest BCUT2D eigenvalue weighted by Gasteiger charge is -2.25. The van der Waals surface area contributed by atoms with E-state index in [4.69, 9.17) is 5.73 Å². The summed E-state index contributed by atoms with van der Waals surface area (Å²) in [5.74, 6) is -0.0458. The maximum absolute atomic E-state index is 12.9. The summed E-state index contributed by atoms with van der Waals surface area (Å²) in [6.45, 7) is 6.31. The summed E-state index contributed by atoms with van der Waals surface area (Å²) in [4.78, 5) is 29.4. The molecule has 27 heavy (non-hydrogen) atoms. The molecule has 0 aromatic heterocycles. The molecule has 0 spiro atoms. The van der Waals surface area contributed by atoms with Crippen molar-refractivity contribution in [2.24, 2.45) is 0 Å². The predicted molar refractivity (Wildman–Crippen MR) is 108 cm³/mol. The van der Waals surface area contributed by atoms with Gasteiger partial charge in [0.2, 0.25) is 5.91 Å². The molecule has 0 saturated carbocycles. The Kier molecular flexibility index (Phi) is 5.79. The van der Waals surface area contributed by atoms with Gasteiger partial charge in [-0.1, -0.05) is 30.3 Å². The van der Waals surface area contributed by atoms with Crippen molar-refractivity contribution in [2.75, 3.05) is 31.9 Å². The SMILES string of the molecule is Cc1cc(C(=O)N2CCCN(C(=O)C(C)c3ccccc3)CC2)ccc1N. The number of hydrogen-bond acceptors (Lipinski definition) is 3. The molecule has 142 valence electrons. The highest BCUT2D eigenvalue weighted by Crippen LogP contribution is 2.20. The Labute approximate surface area is 160 Å². The van der Waals surface area contributed by atoms with Gasteiger partial charge in [-0.2, -0.15) is 0 Å². The number of carbonyl (C=O) groups excluding carboxylic acids is 2. The number of nitrogens with zero attached hydrogens (tertiary/aromatic N) is 2. The molecule has 0 bridgehead atoms. The van der Waals surface area contributed by atoms with Crippen molar-refractivity contribution >= 4 is 17.5 Å². The van der Waals surface area contributed by atoms with Crippen LogP contribution in [0.2, 0.25) is 0 Å². The van der Waals surface area contributed by atoms with E-state index < -0.39 is 0 Å². The van der Waals surface area contributed by atoms with Crippen LogP contribution >= 0.6 is 0 Å². The van der Waals surface area contributed by atoms with E-state index >= 15 is 0 Å². The van der Waals surface area contributed by atoms with Crippen LogP contribution in [0.25, 0.3) is 0 Å². The molecule has 1 atom stereocenters. The van der Waals surface area contributed by atoms with Crippen molar-refractivity contribution in [3.63, 3.8) is 0 Å². The first-order chi connectivity index (χ1) is 13.0. The van der Waals surface area contributed by atoms with Gasteiger partial charge in [0.1, 0.15) is 0 Å². The highest BCUT2D eigenvalue weighted by Gasteiger charge is 2.26. The highest BCUT2D eigenvalue weighted by molar-refractivity contribution is 5.95. The van der Waals surface area contributed by atoms with Gasteiger partial charge >= 0.3 is 0 Å². The molecule has 1 fully saturated rings. The van der Waals surface area contributed by atoms with Crippen molar-refractivity contribution in [1.82, 2.24) is 9.80 Å². The molecule has 1 aliphatic heterocycles. The van der Waals surface area contributed by atoms with Crippen LogP contribution in [0.1, 0.15) is 40.7 Å². The van der Waals surface area contributed by atoms with Gasteiger partial charge in [0.25, 0.3) is 5.91 Å². The van der Waals surface area contributed by atoms with Crippen molar-refractivity contribution in [3.8, 4) is 0 Å². The number of benzene rings is 2. The number of nitrogens with two attached hydrogens (primary N) is 1. The smallest absolute Gasteiger partial charge is 0.253 e. The minimum absolute atomic E-state index is 0.00325. The average molecular weight is 365 g/mol. The van der Waals surface area contributed by atoms with E-state index in [2.05, 4.69) is 0 Å². The van der Waals surface area contributed by atoms with Crippen LogP contribution in [0, 0.1) is 6.92 Å². The third-order valence-electron chi connectivity index (χ3n) is 5.28. The lowest BCUT2D eigenvalue weighted by Crippen LogP contribution is -2.39. The highest BCUT2D eigenvalue weighted by atomic mass is 16.2. The summed E-state index contributed by atoms with van der Waals surface area (Å²) < 4.78 is 0. The third-order valence-corrected chi connectivity index (χ3v) is 5.28. The van der Waals surface area contributed by atoms with E-state index in [9.17, 15) is 9.59 Å². The zero-order valence-corrected chi connectivity index (χ0v) is 16.0. The number of amides is 2. The molecule has 0 radical (unpaired) electrons. The van der Waals surface area contributed by atoms with E-state index in [1.165, 1.54) is 0 Å². The van der Waals surface area contributed by atoms with Crippen molar-refractivity contribution in [2.45, 2.75) is 26.2 Å². The fourth-order valence-corrected chi connectivity index (χ4v) is 3.49. The Morgan fingerprint density at radius 3 is 2.33 bits per heavy atom. The minimum atomic E-state index is -0.173. The molecular formula is C22H27N3O2. The summed E-state index contributed by atoms with van der Waals surface area (Å²) in [6.07, 6.45) is 0.785. The van der Waals surface area contributed by atoms with Gasteiger partial charge in [-0.3, -0.25) is 9.59 Å². The number of aryl methyl sites for hydroxylation is 1. The van der Waals surface area contributed by atoms with Crippen LogP contribution in [0.15, 0.2) is 48.5 Å². The van der Waals surface area contributed by atoms with Crippen LogP contribution in [-0.2, 0) is 4.79 Å². The van der Waals surface area contributed by atoms with Crippen LogP contribution in [0.3, 0.4) is 0 Å². The van der Waals surface area contributed by atoms with E-state index in [-0.39, 0.29) is 17.7 Å². The fourth-order valence-electron chi connectivity index (χ4n) is 3.49. The van der Waals surface area contributed by atoms with Crippen molar-refractivity contribution in [1.29, 1.82) is 0 Å². The lowest BCUT2D eigenvalue weighted by molar-refractivity contribution is -0.132. The Morgan fingerprint density at radius 2 is 1.63 bits per heavy atom. The van der Waals surface area contributed by atoms with Crippen LogP contribution < -0.4 is 5.73 Å². The zero-order valence-electron chi connectivity index (χ0n) is 16.0. The zero-order chi connectivity index (χ0) is 19.4. The van der Waals surface area contributed by atoms with Gasteiger partial charge in [0, 0.05) is 37.4 Å². The summed E-state index contributed by atoms with van der Waals surface area (Å²) >= 11 is 0. The van der Waals surface area contributed by atoms with Gasteiger partial charge in [-0.25, -0.2) is 0 Å². The molecule has 2 amide bonds. The molecule has 1 aliphatic rings. The summed E-state index contributed by atoms with van der Waals surface area (Å²) in [6, 6.07) is 15.2. The number of anilines is 1. The molecule has 5 heteroatoms. The molecule has 1 unspecified atom stereocenters. The Balaban J connectivity index is 1.65. The number of rotatable bonds is 3. The summed E-state index contributed by atoms with van der Waals surface area (Å²) in [5.41, 5.74) is 9.12. The molecule has 1 heterocycles. The first kappa shape index (κ1) is 19.0. The van der Waals surface area contributed by atoms with Gasteiger partial charge < -0.3 is 15.5 Å². The second kappa shape index (κ2) is 8.25. The summed E-state index contributed by atoms with van der Waals surface area (Å²) in [5, 5.41) is 0. The Morgan fingerprint density at radius 1 is 0.963 bits per heavy atom. The van der Waals surface area contributed by atoms with Crippen LogP contribution in [-0.4, -0.2) is 47.8 Å². The Bertz CT molecular complexity index is 820. The van der Waals surface area contributed by atoms with E-state index in [1.54, 1.807) is 12.1 Å². The topological polar surface area (TPSA) is 66.6 Å². The molecule has 1 saturated heterocycles. The van der Waals surface area contributed by atoms with Gasteiger partial charge in [-0.15, -0.1) is 0 Å². The second-order valence-electron chi connectivity index (χ2n) is 7.17. The molecule has 2 N–H and O–H groups in total. The maximum Gasteiger partial charge on any atom is 0.253 e. The molecule has 2 aromatic rings. The normalized spacial score (nSPS) is 15.9. The van der Waals surface area contributed by atoms with E-state index in [0.29, 0.717) is 37.4 Å². The first-order valence-corrected chi connectivity index (χ1v) is 9.46. The number of nitrogen functional groups attached to an aromatic ring is 1. The van der Waals surface area contributed by atoms with Gasteiger partial charge in [-0.05, 0) is 49.6 Å². The first-order valence-electron chi connectivity index (χ1n) is 9.46. The van der Waals surface area contributed by atoms with Gasteiger partial charge in [0.15, 0.2) is 0 Å². The molecule has 0 aliphatic carbocycles. The minimum Gasteiger partial charge on any atom is -0.399 e. The molecule has 5 nitrogen and oxygen atoms in total. The lowest BCUT2D eigenvalue weighted by atomic mass is 10.00. The quantitative estimate of drug-likeness (QED) is 0.850. The largest absolute Gasteiger partial charge is 0.399 e. The second-order valence-corrected chi connectivity index (χ2v) is 7.17. The van der Waals surface area contributed by atoms with Crippen LogP contribution in [0.4, 0.5) is 5.69 Å². The third kappa shape index (κ3) is 4.30. The predicted octanol–water partition coefficient (Wildman–Crippen LogP) is 3.06. The number of carbonyl (C=O) groups is 2. The van der Waals surface area contributed by atoms with Crippen LogP contribution in [0.5, 0.6) is 0 Å². The van der Waals surface area contributed by atoms with E-state index in [1.807, 2.05) is 60.0 Å². The fraction of sp³-hybridized carbons (Fsp3) is 0.364. The molecule has 3 rings (SSSR count). The molecule has 2 aromatic carbocycles. The number of hydrogen-bond donors (Lipinski definition) is 1. The van der Waals surface area contributed by atoms with Crippen molar-refractivity contribution < 1.29 is 9.59 Å². The Hall–Kier alpha value is -2.82.